The molecule has 1 rings (SSSR count). The van der Waals surface area contributed by atoms with Crippen LogP contribution in [-0.2, 0) is 4.79 Å². The molecular weight excluding hydrogens is 224 g/mol. The minimum Gasteiger partial charge on any atom is -0.327 e. The molecule has 3 N–H and O–H groups in total. The van der Waals surface area contributed by atoms with Gasteiger partial charge in [0.05, 0.1) is 0 Å². The van der Waals surface area contributed by atoms with Crippen LogP contribution in [0.1, 0.15) is 24.5 Å². The molecule has 3 nitrogen and oxygen atoms in total. The summed E-state index contributed by atoms with van der Waals surface area (Å²) in [5, 5.41) is 2.85. The maximum absolute atomic E-state index is 11.5. The molecule has 90 valence electrons. The predicted molar refractivity (Wildman–Crippen MR) is 70.1 cm³/mol. The highest BCUT2D eigenvalue weighted by Gasteiger charge is 2.06. The van der Waals surface area contributed by atoms with Gasteiger partial charge in [0.2, 0.25) is 5.91 Å². The van der Waals surface area contributed by atoms with Gasteiger partial charge in [-0.25, -0.2) is 0 Å². The Bertz CT molecular complexity index is 364. The van der Waals surface area contributed by atoms with Crippen molar-refractivity contribution in [3.05, 3.63) is 29.3 Å². The molecule has 0 heterocycles. The van der Waals surface area contributed by atoms with E-state index in [0.717, 1.165) is 11.3 Å². The van der Waals surface area contributed by atoms with Crippen molar-refractivity contribution in [1.82, 2.24) is 0 Å². The van der Waals surface area contributed by atoms with E-state index in [1.54, 1.807) is 0 Å². The molecule has 0 spiro atoms. The Labute approximate surface area is 103 Å². The monoisotopic (exact) mass is 242 g/mol. The van der Waals surface area contributed by atoms with Crippen molar-refractivity contribution in [2.45, 2.75) is 33.2 Å². The van der Waals surface area contributed by atoms with Gasteiger partial charge in [0.15, 0.2) is 0 Å². The molecule has 0 fully saturated rings. The number of amides is 1. The lowest BCUT2D eigenvalue weighted by Gasteiger charge is -2.10. The van der Waals surface area contributed by atoms with Gasteiger partial charge in [-0.3, -0.25) is 4.79 Å². The van der Waals surface area contributed by atoms with Crippen molar-refractivity contribution in [1.29, 1.82) is 0 Å². The summed E-state index contributed by atoms with van der Waals surface area (Å²) < 4.78 is 0. The van der Waals surface area contributed by atoms with Crippen molar-refractivity contribution >= 4 is 24.0 Å². The largest absolute Gasteiger partial charge is 0.327 e. The third-order valence-corrected chi connectivity index (χ3v) is 2.16. The second kappa shape index (κ2) is 6.51. The van der Waals surface area contributed by atoms with Crippen molar-refractivity contribution in [2.24, 2.45) is 5.73 Å². The van der Waals surface area contributed by atoms with Crippen LogP contribution in [-0.4, -0.2) is 11.9 Å². The number of carbonyl (C=O) groups excluding carboxylic acids is 1. The molecule has 0 aliphatic heterocycles. The van der Waals surface area contributed by atoms with Crippen molar-refractivity contribution in [3.8, 4) is 0 Å². The van der Waals surface area contributed by atoms with Crippen molar-refractivity contribution < 1.29 is 4.79 Å². The van der Waals surface area contributed by atoms with Crippen LogP contribution < -0.4 is 11.1 Å². The molecule has 0 bridgehead atoms. The van der Waals surface area contributed by atoms with Gasteiger partial charge in [-0.15, -0.1) is 12.4 Å². The smallest absolute Gasteiger partial charge is 0.225 e. The summed E-state index contributed by atoms with van der Waals surface area (Å²) in [5.41, 5.74) is 8.68. The number of halogens is 1. The molecule has 0 saturated heterocycles. The molecule has 1 atom stereocenters. The minimum atomic E-state index is -0.101. The fourth-order valence-corrected chi connectivity index (χ4v) is 1.45. The van der Waals surface area contributed by atoms with Crippen molar-refractivity contribution in [2.75, 3.05) is 5.32 Å². The second-order valence-corrected chi connectivity index (χ2v) is 4.05. The van der Waals surface area contributed by atoms with E-state index in [0.29, 0.717) is 6.42 Å². The Morgan fingerprint density at radius 1 is 1.44 bits per heavy atom. The third kappa shape index (κ3) is 4.64. The van der Waals surface area contributed by atoms with E-state index in [1.807, 2.05) is 39.0 Å². The van der Waals surface area contributed by atoms with Gasteiger partial charge >= 0.3 is 0 Å². The Kier molecular flexibility index (Phi) is 6.08. The number of hydrogen-bond acceptors (Lipinski definition) is 2. The molecule has 0 aromatic heterocycles. The molecule has 0 aliphatic carbocycles. The topological polar surface area (TPSA) is 55.1 Å². The van der Waals surface area contributed by atoms with Gasteiger partial charge in [-0.1, -0.05) is 17.7 Å². The first-order chi connectivity index (χ1) is 6.99. The number of benzene rings is 1. The summed E-state index contributed by atoms with van der Waals surface area (Å²) in [5.74, 6) is -0.0306. The quantitative estimate of drug-likeness (QED) is 0.855. The van der Waals surface area contributed by atoms with Gasteiger partial charge in [0.25, 0.3) is 0 Å². The molecule has 1 unspecified atom stereocenters. The van der Waals surface area contributed by atoms with Crippen LogP contribution in [0.15, 0.2) is 18.2 Å². The summed E-state index contributed by atoms with van der Waals surface area (Å²) in [6.45, 7) is 5.83. The Morgan fingerprint density at radius 3 is 2.56 bits per heavy atom. The van der Waals surface area contributed by atoms with Gasteiger partial charge in [0, 0.05) is 18.2 Å². The Hall–Kier alpha value is -1.06. The maximum Gasteiger partial charge on any atom is 0.225 e. The first-order valence-electron chi connectivity index (χ1n) is 5.11. The molecule has 0 saturated carbocycles. The van der Waals surface area contributed by atoms with E-state index >= 15 is 0 Å². The fraction of sp³-hybridized carbons (Fsp3) is 0.417. The molecule has 4 heteroatoms. The van der Waals surface area contributed by atoms with E-state index < -0.39 is 0 Å². The molecule has 0 radical (unpaired) electrons. The molecule has 1 aromatic carbocycles. The average molecular weight is 243 g/mol. The number of rotatable bonds is 3. The minimum absolute atomic E-state index is 0. The van der Waals surface area contributed by atoms with E-state index in [9.17, 15) is 4.79 Å². The van der Waals surface area contributed by atoms with Crippen LogP contribution in [0, 0.1) is 13.8 Å². The zero-order chi connectivity index (χ0) is 11.4. The second-order valence-electron chi connectivity index (χ2n) is 4.05. The van der Waals surface area contributed by atoms with E-state index in [1.165, 1.54) is 5.56 Å². The number of hydrogen-bond donors (Lipinski definition) is 2. The highest BCUT2D eigenvalue weighted by molar-refractivity contribution is 5.91. The first kappa shape index (κ1) is 14.9. The maximum atomic E-state index is 11.5. The van der Waals surface area contributed by atoms with Crippen LogP contribution >= 0.6 is 12.4 Å². The number of carbonyl (C=O) groups is 1. The average Bonchev–Trinajstić information content (AvgIpc) is 2.08. The van der Waals surface area contributed by atoms with Crippen LogP contribution in [0.5, 0.6) is 0 Å². The third-order valence-electron chi connectivity index (χ3n) is 2.16. The number of nitrogens with one attached hydrogen (secondary N) is 1. The number of anilines is 1. The van der Waals surface area contributed by atoms with Gasteiger partial charge in [-0.2, -0.15) is 0 Å². The predicted octanol–water partition coefficient (Wildman–Crippen LogP) is 2.40. The lowest BCUT2D eigenvalue weighted by atomic mass is 10.1. The van der Waals surface area contributed by atoms with Crippen LogP contribution in [0.25, 0.3) is 0 Å². The summed E-state index contributed by atoms with van der Waals surface area (Å²) in [4.78, 5) is 11.5. The number of aryl methyl sites for hydroxylation is 2. The summed E-state index contributed by atoms with van der Waals surface area (Å²) in [6, 6.07) is 5.84. The standard InChI is InChI=1S/C12H18N2O.ClH/c1-8-4-5-11(9(2)6-8)14-12(15)7-10(3)13;/h4-6,10H,7,13H2,1-3H3,(H,14,15);1H. The van der Waals surface area contributed by atoms with E-state index in [4.69, 9.17) is 5.73 Å². The number of nitrogens with two attached hydrogens (primary N) is 1. The van der Waals surface area contributed by atoms with E-state index in [-0.39, 0.29) is 24.4 Å². The van der Waals surface area contributed by atoms with Gasteiger partial charge < -0.3 is 11.1 Å². The highest BCUT2D eigenvalue weighted by Crippen LogP contribution is 2.16. The zero-order valence-electron chi connectivity index (χ0n) is 9.91. The Balaban J connectivity index is 0.00000225. The molecule has 0 aliphatic rings. The van der Waals surface area contributed by atoms with E-state index in [2.05, 4.69) is 5.32 Å². The SMILES string of the molecule is Cc1ccc(NC(=O)CC(C)N)c(C)c1.Cl. The molecule has 1 aromatic rings. The first-order valence-corrected chi connectivity index (χ1v) is 5.11. The highest BCUT2D eigenvalue weighted by atomic mass is 35.5. The van der Waals surface area contributed by atoms with Crippen molar-refractivity contribution in [3.63, 3.8) is 0 Å². The summed E-state index contributed by atoms with van der Waals surface area (Å²) in [6.07, 6.45) is 0.354. The zero-order valence-corrected chi connectivity index (χ0v) is 10.7. The lowest BCUT2D eigenvalue weighted by Crippen LogP contribution is -2.24. The lowest BCUT2D eigenvalue weighted by molar-refractivity contribution is -0.116. The Morgan fingerprint density at radius 2 is 2.06 bits per heavy atom. The van der Waals surface area contributed by atoms with Gasteiger partial charge in [-0.05, 0) is 32.4 Å². The van der Waals surface area contributed by atoms with Crippen LogP contribution in [0.3, 0.4) is 0 Å². The molecular formula is C12H19ClN2O. The summed E-state index contributed by atoms with van der Waals surface area (Å²) >= 11 is 0. The van der Waals surface area contributed by atoms with Gasteiger partial charge in [0.1, 0.15) is 0 Å². The fourth-order valence-electron chi connectivity index (χ4n) is 1.45. The van der Waals surface area contributed by atoms with Crippen LogP contribution in [0.4, 0.5) is 5.69 Å². The molecule has 16 heavy (non-hydrogen) atoms. The van der Waals surface area contributed by atoms with Crippen LogP contribution in [0.2, 0.25) is 0 Å². The summed E-state index contributed by atoms with van der Waals surface area (Å²) in [7, 11) is 0. The molecule has 1 amide bonds. The normalized spacial score (nSPS) is 11.5.